The van der Waals surface area contributed by atoms with Gasteiger partial charge in [0.15, 0.2) is 11.5 Å². The maximum absolute atomic E-state index is 5.98. The van der Waals surface area contributed by atoms with E-state index >= 15 is 0 Å². The van der Waals surface area contributed by atoms with Crippen LogP contribution in [0, 0.1) is 11.7 Å². The number of halogens is 2. The summed E-state index contributed by atoms with van der Waals surface area (Å²) >= 11 is 14.8. The fourth-order valence-corrected chi connectivity index (χ4v) is 3.39. The quantitative estimate of drug-likeness (QED) is 0.421. The molecule has 1 heterocycles. The summed E-state index contributed by atoms with van der Waals surface area (Å²) < 4.78 is 14.9. The van der Waals surface area contributed by atoms with Crippen LogP contribution in [0.4, 0.5) is 0 Å². The summed E-state index contributed by atoms with van der Waals surface area (Å²) in [6.07, 6.45) is 0. The molecule has 0 aliphatic heterocycles. The van der Waals surface area contributed by atoms with Crippen LogP contribution in [0.5, 0.6) is 11.5 Å². The van der Waals surface area contributed by atoms with Gasteiger partial charge in [0.1, 0.15) is 12.4 Å². The van der Waals surface area contributed by atoms with Crippen LogP contribution in [-0.4, -0.2) is 21.5 Å². The second-order valence-corrected chi connectivity index (χ2v) is 7.66. The predicted molar refractivity (Wildman–Crippen MR) is 116 cm³/mol. The second kappa shape index (κ2) is 9.45. The van der Waals surface area contributed by atoms with Crippen molar-refractivity contribution in [3.05, 3.63) is 67.6 Å². The van der Waals surface area contributed by atoms with E-state index in [9.17, 15) is 0 Å². The summed E-state index contributed by atoms with van der Waals surface area (Å²) in [4.78, 5) is 0. The van der Waals surface area contributed by atoms with Crippen molar-refractivity contribution in [1.82, 2.24) is 14.9 Å². The SMILES string of the molecule is CCOc1cc(CNn2c(C)n[nH]c2=S)c(Br)cc1OCc1ccc(Cl)cc1. The third kappa shape index (κ3) is 5.06. The van der Waals surface area contributed by atoms with Gasteiger partial charge in [-0.1, -0.05) is 39.7 Å². The zero-order valence-corrected chi connectivity index (χ0v) is 18.6. The fraction of sp³-hybridized carbons (Fsp3) is 0.263. The van der Waals surface area contributed by atoms with Gasteiger partial charge in [-0.2, -0.15) is 5.10 Å². The first-order valence-electron chi connectivity index (χ1n) is 8.68. The van der Waals surface area contributed by atoms with E-state index in [1.54, 1.807) is 4.68 Å². The second-order valence-electron chi connectivity index (χ2n) is 5.98. The molecule has 0 aliphatic carbocycles. The van der Waals surface area contributed by atoms with E-state index in [1.165, 1.54) is 0 Å². The summed E-state index contributed by atoms with van der Waals surface area (Å²) in [5, 5.41) is 7.54. The van der Waals surface area contributed by atoms with E-state index in [-0.39, 0.29) is 0 Å². The number of nitrogens with zero attached hydrogens (tertiary/aromatic N) is 2. The molecule has 0 saturated heterocycles. The molecule has 0 spiro atoms. The Bertz CT molecular complexity index is 1000. The summed E-state index contributed by atoms with van der Waals surface area (Å²) in [7, 11) is 0. The van der Waals surface area contributed by atoms with Crippen molar-refractivity contribution in [1.29, 1.82) is 0 Å². The topological polar surface area (TPSA) is 64.1 Å². The van der Waals surface area contributed by atoms with Gasteiger partial charge in [-0.15, -0.1) is 0 Å². The molecular weight excluding hydrogens is 464 g/mol. The van der Waals surface area contributed by atoms with Crippen LogP contribution in [-0.2, 0) is 13.2 Å². The monoisotopic (exact) mass is 482 g/mol. The fourth-order valence-electron chi connectivity index (χ4n) is 2.56. The van der Waals surface area contributed by atoms with Crippen LogP contribution < -0.4 is 14.9 Å². The van der Waals surface area contributed by atoms with Gasteiger partial charge in [0, 0.05) is 9.50 Å². The van der Waals surface area contributed by atoms with Crippen molar-refractivity contribution in [2.75, 3.05) is 12.0 Å². The van der Waals surface area contributed by atoms with Crippen LogP contribution >= 0.6 is 39.7 Å². The zero-order chi connectivity index (χ0) is 20.1. The molecule has 0 radical (unpaired) electrons. The number of aryl methyl sites for hydroxylation is 1. The van der Waals surface area contributed by atoms with Crippen LogP contribution in [0.2, 0.25) is 5.02 Å². The molecule has 0 unspecified atom stereocenters. The van der Waals surface area contributed by atoms with Crippen molar-refractivity contribution >= 4 is 39.7 Å². The number of ether oxygens (including phenoxy) is 2. The molecule has 0 amide bonds. The maximum atomic E-state index is 5.98. The summed E-state index contributed by atoms with van der Waals surface area (Å²) in [6, 6.07) is 11.4. The Morgan fingerprint density at radius 1 is 1.21 bits per heavy atom. The van der Waals surface area contributed by atoms with Gasteiger partial charge in [0.2, 0.25) is 4.77 Å². The Morgan fingerprint density at radius 3 is 2.57 bits per heavy atom. The van der Waals surface area contributed by atoms with Crippen molar-refractivity contribution in [3.8, 4) is 11.5 Å². The Labute approximate surface area is 181 Å². The number of nitrogens with one attached hydrogen (secondary N) is 2. The third-order valence-corrected chi connectivity index (χ3v) is 5.25. The Kier molecular flexibility index (Phi) is 6.98. The zero-order valence-electron chi connectivity index (χ0n) is 15.5. The minimum absolute atomic E-state index is 0.421. The lowest BCUT2D eigenvalue weighted by atomic mass is 10.2. The summed E-state index contributed by atoms with van der Waals surface area (Å²) in [6.45, 7) is 5.31. The number of aromatic nitrogens is 3. The molecule has 6 nitrogen and oxygen atoms in total. The summed E-state index contributed by atoms with van der Waals surface area (Å²) in [5.41, 5.74) is 5.28. The van der Waals surface area contributed by atoms with Gasteiger partial charge in [-0.25, -0.2) is 4.68 Å². The maximum Gasteiger partial charge on any atom is 0.214 e. The van der Waals surface area contributed by atoms with Gasteiger partial charge in [-0.05, 0) is 61.5 Å². The highest BCUT2D eigenvalue weighted by Crippen LogP contribution is 2.34. The molecule has 0 saturated carbocycles. The number of hydrogen-bond donors (Lipinski definition) is 2. The first kappa shape index (κ1) is 20.7. The average molecular weight is 484 g/mol. The highest BCUT2D eigenvalue weighted by molar-refractivity contribution is 9.10. The lowest BCUT2D eigenvalue weighted by Gasteiger charge is -2.16. The van der Waals surface area contributed by atoms with Crippen molar-refractivity contribution < 1.29 is 9.47 Å². The van der Waals surface area contributed by atoms with E-state index in [4.69, 9.17) is 33.3 Å². The third-order valence-electron chi connectivity index (χ3n) is 3.99. The summed E-state index contributed by atoms with van der Waals surface area (Å²) in [5.74, 6) is 2.11. The minimum Gasteiger partial charge on any atom is -0.490 e. The van der Waals surface area contributed by atoms with Crippen LogP contribution in [0.25, 0.3) is 0 Å². The van der Waals surface area contributed by atoms with Crippen LogP contribution in [0.15, 0.2) is 40.9 Å². The highest BCUT2D eigenvalue weighted by Gasteiger charge is 2.12. The molecule has 9 heteroatoms. The number of benzene rings is 2. The molecule has 0 atom stereocenters. The highest BCUT2D eigenvalue weighted by atomic mass is 79.9. The van der Waals surface area contributed by atoms with Crippen molar-refractivity contribution in [3.63, 3.8) is 0 Å². The molecule has 0 bridgehead atoms. The molecule has 1 aromatic heterocycles. The Hall–Kier alpha value is -2.03. The number of aromatic amines is 1. The number of hydrogen-bond acceptors (Lipinski definition) is 5. The molecule has 2 N–H and O–H groups in total. The molecule has 148 valence electrons. The molecule has 28 heavy (non-hydrogen) atoms. The lowest BCUT2D eigenvalue weighted by molar-refractivity contribution is 0.269. The van der Waals surface area contributed by atoms with Gasteiger partial charge >= 0.3 is 0 Å². The Morgan fingerprint density at radius 2 is 1.93 bits per heavy atom. The molecule has 3 aromatic rings. The normalized spacial score (nSPS) is 10.7. The van der Waals surface area contributed by atoms with E-state index in [1.807, 2.05) is 50.2 Å². The number of H-pyrrole nitrogens is 1. The van der Waals surface area contributed by atoms with Crippen molar-refractivity contribution in [2.24, 2.45) is 0 Å². The molecular formula is C19H20BrClN4O2S. The van der Waals surface area contributed by atoms with E-state index < -0.39 is 0 Å². The van der Waals surface area contributed by atoms with E-state index in [0.29, 0.717) is 41.1 Å². The molecule has 0 aliphatic rings. The molecule has 3 rings (SSSR count). The van der Waals surface area contributed by atoms with E-state index in [0.717, 1.165) is 21.4 Å². The largest absolute Gasteiger partial charge is 0.490 e. The minimum atomic E-state index is 0.421. The lowest BCUT2D eigenvalue weighted by Crippen LogP contribution is -2.16. The van der Waals surface area contributed by atoms with Gasteiger partial charge in [0.05, 0.1) is 13.2 Å². The van der Waals surface area contributed by atoms with Gasteiger partial charge in [-0.3, -0.25) is 5.10 Å². The first-order valence-corrected chi connectivity index (χ1v) is 10.3. The molecule has 0 fully saturated rings. The predicted octanol–water partition coefficient (Wildman–Crippen LogP) is 5.39. The van der Waals surface area contributed by atoms with Gasteiger partial charge < -0.3 is 14.9 Å². The van der Waals surface area contributed by atoms with Gasteiger partial charge in [0.25, 0.3) is 0 Å². The standard InChI is InChI=1S/C19H20BrClN4O2S/c1-3-26-17-8-14(10-22-25-12(2)23-24-19(25)28)16(20)9-18(17)27-11-13-4-6-15(21)7-5-13/h4-9,22H,3,10-11H2,1-2H3,(H,24,28). The van der Waals surface area contributed by atoms with Crippen LogP contribution in [0.1, 0.15) is 23.9 Å². The molecule has 2 aromatic carbocycles. The average Bonchev–Trinajstić information content (AvgIpc) is 3.00. The van der Waals surface area contributed by atoms with E-state index in [2.05, 4.69) is 31.6 Å². The number of rotatable bonds is 8. The first-order chi connectivity index (χ1) is 13.5. The Balaban J connectivity index is 1.77. The van der Waals surface area contributed by atoms with Crippen LogP contribution in [0.3, 0.4) is 0 Å². The smallest absolute Gasteiger partial charge is 0.214 e. The van der Waals surface area contributed by atoms with Crippen molar-refractivity contribution in [2.45, 2.75) is 27.0 Å².